The van der Waals surface area contributed by atoms with Crippen LogP contribution in [0.2, 0.25) is 0 Å². The largest absolute Gasteiger partial charge is 0.325 e. The van der Waals surface area contributed by atoms with Crippen molar-refractivity contribution in [3.63, 3.8) is 0 Å². The fourth-order valence-electron chi connectivity index (χ4n) is 1.33. The minimum atomic E-state index is -3.72. The SMILES string of the molecule is Cc1ccccc1NC(=O)C(C)S(=O)(=O)CC#N. The summed E-state index contributed by atoms with van der Waals surface area (Å²) in [5.41, 5.74) is 1.41. The van der Waals surface area contributed by atoms with E-state index in [4.69, 9.17) is 5.26 Å². The van der Waals surface area contributed by atoms with Gasteiger partial charge in [0.05, 0.1) is 6.07 Å². The molecule has 1 atom stereocenters. The highest BCUT2D eigenvalue weighted by atomic mass is 32.2. The molecular weight excluding hydrogens is 252 g/mol. The van der Waals surface area contributed by atoms with Gasteiger partial charge in [-0.15, -0.1) is 0 Å². The van der Waals surface area contributed by atoms with E-state index < -0.39 is 26.7 Å². The van der Waals surface area contributed by atoms with E-state index in [9.17, 15) is 13.2 Å². The lowest BCUT2D eigenvalue weighted by atomic mass is 10.2. The van der Waals surface area contributed by atoms with Gasteiger partial charge in [-0.25, -0.2) is 8.42 Å². The lowest BCUT2D eigenvalue weighted by Crippen LogP contribution is -2.34. The third kappa shape index (κ3) is 3.31. The van der Waals surface area contributed by atoms with Crippen molar-refractivity contribution in [2.45, 2.75) is 19.1 Å². The zero-order valence-corrected chi connectivity index (χ0v) is 11.0. The molecule has 1 rings (SSSR count). The molecule has 1 N–H and O–H groups in total. The van der Waals surface area contributed by atoms with Gasteiger partial charge in [-0.2, -0.15) is 5.26 Å². The Kier molecular flexibility index (Phi) is 4.45. The molecule has 0 heterocycles. The number of benzene rings is 1. The van der Waals surface area contributed by atoms with Gasteiger partial charge in [0.2, 0.25) is 5.91 Å². The molecule has 0 bridgehead atoms. The number of carbonyl (C=O) groups excluding carboxylic acids is 1. The first-order chi connectivity index (χ1) is 8.38. The number of amides is 1. The normalized spacial score (nSPS) is 12.5. The number of nitriles is 1. The number of anilines is 1. The van der Waals surface area contributed by atoms with Crippen molar-refractivity contribution in [3.8, 4) is 6.07 Å². The number of hydrogen-bond acceptors (Lipinski definition) is 4. The number of rotatable bonds is 4. The molecule has 0 saturated heterocycles. The number of nitrogens with zero attached hydrogens (tertiary/aromatic N) is 1. The number of para-hydroxylation sites is 1. The van der Waals surface area contributed by atoms with Crippen molar-refractivity contribution in [1.82, 2.24) is 0 Å². The first-order valence-corrected chi connectivity index (χ1v) is 7.05. The Balaban J connectivity index is 2.85. The van der Waals surface area contributed by atoms with E-state index in [1.807, 2.05) is 19.1 Å². The molecule has 1 aromatic rings. The fourth-order valence-corrected chi connectivity index (χ4v) is 2.14. The first kappa shape index (κ1) is 14.2. The minimum absolute atomic E-state index is 0.571. The Bertz CT molecular complexity index is 588. The summed E-state index contributed by atoms with van der Waals surface area (Å²) in [7, 11) is -3.72. The van der Waals surface area contributed by atoms with Crippen molar-refractivity contribution in [1.29, 1.82) is 5.26 Å². The third-order valence-electron chi connectivity index (χ3n) is 2.58. The third-order valence-corrected chi connectivity index (χ3v) is 4.40. The molecule has 0 aliphatic rings. The molecule has 18 heavy (non-hydrogen) atoms. The summed E-state index contributed by atoms with van der Waals surface area (Å²) >= 11 is 0. The van der Waals surface area contributed by atoms with E-state index >= 15 is 0 Å². The molecule has 5 nitrogen and oxygen atoms in total. The van der Waals surface area contributed by atoms with Crippen LogP contribution in [0.4, 0.5) is 5.69 Å². The Morgan fingerprint density at radius 3 is 2.61 bits per heavy atom. The zero-order valence-electron chi connectivity index (χ0n) is 10.2. The molecule has 6 heteroatoms. The van der Waals surface area contributed by atoms with Crippen LogP contribution in [0.1, 0.15) is 12.5 Å². The van der Waals surface area contributed by atoms with Gasteiger partial charge in [-0.1, -0.05) is 18.2 Å². The highest BCUT2D eigenvalue weighted by Gasteiger charge is 2.27. The van der Waals surface area contributed by atoms with Crippen molar-refractivity contribution < 1.29 is 13.2 Å². The minimum Gasteiger partial charge on any atom is -0.325 e. The fraction of sp³-hybridized carbons (Fsp3) is 0.333. The Morgan fingerprint density at radius 2 is 2.06 bits per heavy atom. The molecule has 96 valence electrons. The van der Waals surface area contributed by atoms with Gasteiger partial charge in [-0.05, 0) is 25.5 Å². The molecule has 0 aliphatic carbocycles. The monoisotopic (exact) mass is 266 g/mol. The maximum Gasteiger partial charge on any atom is 0.242 e. The molecule has 0 radical (unpaired) electrons. The van der Waals surface area contributed by atoms with Crippen molar-refractivity contribution in [2.75, 3.05) is 11.1 Å². The smallest absolute Gasteiger partial charge is 0.242 e. The Labute approximate surface area is 106 Å². The predicted molar refractivity (Wildman–Crippen MR) is 68.7 cm³/mol. The molecule has 0 aliphatic heterocycles. The summed E-state index contributed by atoms with van der Waals surface area (Å²) in [5, 5.41) is 9.71. The summed E-state index contributed by atoms with van der Waals surface area (Å²) < 4.78 is 23.1. The number of carbonyl (C=O) groups is 1. The lowest BCUT2D eigenvalue weighted by Gasteiger charge is -2.12. The van der Waals surface area contributed by atoms with E-state index in [0.29, 0.717) is 5.69 Å². The zero-order chi connectivity index (χ0) is 13.8. The second-order valence-corrected chi connectivity index (χ2v) is 6.23. The summed E-state index contributed by atoms with van der Waals surface area (Å²) in [6.07, 6.45) is 0. The summed E-state index contributed by atoms with van der Waals surface area (Å²) in [4.78, 5) is 11.8. The van der Waals surface area contributed by atoms with Crippen LogP contribution in [-0.2, 0) is 14.6 Å². The second-order valence-electron chi connectivity index (χ2n) is 3.91. The molecule has 0 aromatic heterocycles. The highest BCUT2D eigenvalue weighted by Crippen LogP contribution is 2.14. The first-order valence-electron chi connectivity index (χ1n) is 5.33. The standard InChI is InChI=1S/C12H14N2O3S/c1-9-5-3-4-6-11(9)14-12(15)10(2)18(16,17)8-7-13/h3-6,10H,8H2,1-2H3,(H,14,15). The molecule has 1 unspecified atom stereocenters. The number of sulfone groups is 1. The van der Waals surface area contributed by atoms with Gasteiger partial charge in [0.15, 0.2) is 9.84 Å². The van der Waals surface area contributed by atoms with Gasteiger partial charge in [0, 0.05) is 5.69 Å². The van der Waals surface area contributed by atoms with Crippen LogP contribution in [0.25, 0.3) is 0 Å². The van der Waals surface area contributed by atoms with E-state index in [0.717, 1.165) is 5.56 Å². The Morgan fingerprint density at radius 1 is 1.44 bits per heavy atom. The van der Waals surface area contributed by atoms with Gasteiger partial charge >= 0.3 is 0 Å². The maximum atomic E-state index is 11.8. The number of hydrogen-bond donors (Lipinski definition) is 1. The molecule has 1 amide bonds. The van der Waals surface area contributed by atoms with Gasteiger partial charge in [-0.3, -0.25) is 4.79 Å². The molecule has 0 fully saturated rings. The van der Waals surface area contributed by atoms with Crippen LogP contribution >= 0.6 is 0 Å². The quantitative estimate of drug-likeness (QED) is 0.888. The van der Waals surface area contributed by atoms with Gasteiger partial charge < -0.3 is 5.32 Å². The van der Waals surface area contributed by atoms with Crippen LogP contribution in [0.5, 0.6) is 0 Å². The van der Waals surface area contributed by atoms with Crippen LogP contribution in [0.15, 0.2) is 24.3 Å². The van der Waals surface area contributed by atoms with Gasteiger partial charge in [0.1, 0.15) is 11.0 Å². The molecule has 0 saturated carbocycles. The Hall–Kier alpha value is -1.87. The second kappa shape index (κ2) is 5.65. The molecule has 0 spiro atoms. The number of nitrogens with one attached hydrogen (secondary N) is 1. The van der Waals surface area contributed by atoms with Crippen LogP contribution in [0.3, 0.4) is 0 Å². The number of aryl methyl sites for hydroxylation is 1. The lowest BCUT2D eigenvalue weighted by molar-refractivity contribution is -0.115. The van der Waals surface area contributed by atoms with Crippen molar-refractivity contribution >= 4 is 21.4 Å². The van der Waals surface area contributed by atoms with Crippen LogP contribution < -0.4 is 5.32 Å². The van der Waals surface area contributed by atoms with Crippen LogP contribution in [0, 0.1) is 18.3 Å². The highest BCUT2D eigenvalue weighted by molar-refractivity contribution is 7.92. The van der Waals surface area contributed by atoms with Crippen molar-refractivity contribution in [3.05, 3.63) is 29.8 Å². The average Bonchev–Trinajstić information content (AvgIpc) is 2.31. The van der Waals surface area contributed by atoms with Crippen molar-refractivity contribution in [2.24, 2.45) is 0 Å². The average molecular weight is 266 g/mol. The van der Waals surface area contributed by atoms with Crippen LogP contribution in [-0.4, -0.2) is 25.3 Å². The summed E-state index contributed by atoms with van der Waals surface area (Å²) in [6, 6.07) is 8.62. The summed E-state index contributed by atoms with van der Waals surface area (Å²) in [5.74, 6) is -1.28. The topological polar surface area (TPSA) is 87.0 Å². The molecule has 1 aromatic carbocycles. The summed E-state index contributed by atoms with van der Waals surface area (Å²) in [6.45, 7) is 3.09. The van der Waals surface area contributed by atoms with E-state index in [1.165, 1.54) is 6.92 Å². The van der Waals surface area contributed by atoms with E-state index in [1.54, 1.807) is 18.2 Å². The predicted octanol–water partition coefficient (Wildman–Crippen LogP) is 1.26. The van der Waals surface area contributed by atoms with Gasteiger partial charge in [0.25, 0.3) is 0 Å². The molecular formula is C12H14N2O3S. The maximum absolute atomic E-state index is 11.8. The van der Waals surface area contributed by atoms with E-state index in [2.05, 4.69) is 5.32 Å². The van der Waals surface area contributed by atoms with E-state index in [-0.39, 0.29) is 0 Å².